The first kappa shape index (κ1) is 28.6. The molecule has 4 rings (SSSR count). The van der Waals surface area contributed by atoms with Gasteiger partial charge in [0, 0.05) is 30.3 Å². The molecule has 2 aromatic rings. The van der Waals surface area contributed by atoms with Crippen molar-refractivity contribution in [2.24, 2.45) is 0 Å². The standard InChI is InChI=1S/C28H34N2O8S/c1-34-24-7-5-19(15-26(24)36-3)13-21-17-23(29-39(32,33)30-9-11-38-12-10-30)18-22(28(21)31)14-20-6-8-25(35-2)27(16-20)37-4/h5-8,13-16,23,29H,9-12,17-18H2,1-4H3/b21-13+,22-14+. The van der Waals surface area contributed by atoms with E-state index in [1.165, 1.54) is 4.31 Å². The predicted molar refractivity (Wildman–Crippen MR) is 148 cm³/mol. The molecule has 1 saturated carbocycles. The lowest BCUT2D eigenvalue weighted by atomic mass is 9.84. The summed E-state index contributed by atoms with van der Waals surface area (Å²) in [5.74, 6) is 2.04. The highest BCUT2D eigenvalue weighted by Gasteiger charge is 2.33. The summed E-state index contributed by atoms with van der Waals surface area (Å²) in [5.41, 5.74) is 2.43. The minimum absolute atomic E-state index is 0.151. The quantitative estimate of drug-likeness (QED) is 0.468. The van der Waals surface area contributed by atoms with E-state index in [2.05, 4.69) is 4.72 Å². The second-order valence-corrected chi connectivity index (χ2v) is 10.8. The summed E-state index contributed by atoms with van der Waals surface area (Å²) in [4.78, 5) is 13.6. The van der Waals surface area contributed by atoms with Gasteiger partial charge in [0.2, 0.25) is 0 Å². The average Bonchev–Trinajstić information content (AvgIpc) is 2.95. The molecule has 0 aromatic heterocycles. The molecule has 2 aromatic carbocycles. The summed E-state index contributed by atoms with van der Waals surface area (Å²) in [6.07, 6.45) is 4.00. The van der Waals surface area contributed by atoms with Crippen molar-refractivity contribution in [1.29, 1.82) is 0 Å². The van der Waals surface area contributed by atoms with Crippen LogP contribution in [0.25, 0.3) is 12.2 Å². The molecule has 11 heteroatoms. The maximum Gasteiger partial charge on any atom is 0.279 e. The fourth-order valence-corrected chi connectivity index (χ4v) is 6.05. The Morgan fingerprint density at radius 3 is 1.69 bits per heavy atom. The summed E-state index contributed by atoms with van der Waals surface area (Å²) in [7, 11) is 2.42. The number of benzene rings is 2. The molecule has 1 saturated heterocycles. The molecule has 0 unspecified atom stereocenters. The zero-order chi connectivity index (χ0) is 28.0. The first-order valence-electron chi connectivity index (χ1n) is 12.5. The maximum absolute atomic E-state index is 13.6. The van der Waals surface area contributed by atoms with Crippen molar-refractivity contribution in [3.8, 4) is 23.0 Å². The molecular weight excluding hydrogens is 524 g/mol. The van der Waals surface area contributed by atoms with Crippen molar-refractivity contribution < 1.29 is 36.9 Å². The van der Waals surface area contributed by atoms with Crippen molar-refractivity contribution in [1.82, 2.24) is 9.03 Å². The van der Waals surface area contributed by atoms with Gasteiger partial charge in [0.1, 0.15) is 0 Å². The van der Waals surface area contributed by atoms with E-state index < -0.39 is 16.3 Å². The Labute approximate surface area is 229 Å². The van der Waals surface area contributed by atoms with E-state index in [9.17, 15) is 13.2 Å². The lowest BCUT2D eigenvalue weighted by Gasteiger charge is -2.31. The first-order chi connectivity index (χ1) is 18.8. The minimum Gasteiger partial charge on any atom is -0.493 e. The maximum atomic E-state index is 13.6. The summed E-state index contributed by atoms with van der Waals surface area (Å²) < 4.78 is 57.2. The van der Waals surface area contributed by atoms with Crippen molar-refractivity contribution >= 4 is 28.1 Å². The topological polar surface area (TPSA) is 113 Å². The number of hydrogen-bond donors (Lipinski definition) is 1. The number of carbonyl (C=O) groups is 1. The monoisotopic (exact) mass is 558 g/mol. The number of morpholine rings is 1. The zero-order valence-corrected chi connectivity index (χ0v) is 23.4. The molecule has 210 valence electrons. The van der Waals surface area contributed by atoms with Gasteiger partial charge in [-0.05, 0) is 60.4 Å². The molecule has 39 heavy (non-hydrogen) atoms. The number of carbonyl (C=O) groups excluding carboxylic acids is 1. The molecule has 2 fully saturated rings. The third-order valence-electron chi connectivity index (χ3n) is 6.64. The van der Waals surface area contributed by atoms with E-state index >= 15 is 0 Å². The van der Waals surface area contributed by atoms with Gasteiger partial charge in [-0.2, -0.15) is 17.4 Å². The number of ether oxygens (including phenoxy) is 5. The van der Waals surface area contributed by atoms with Crippen LogP contribution in [0.5, 0.6) is 23.0 Å². The molecule has 1 N–H and O–H groups in total. The van der Waals surface area contributed by atoms with E-state index in [4.69, 9.17) is 23.7 Å². The number of rotatable bonds is 9. The third kappa shape index (κ3) is 6.80. The normalized spacial score (nSPS) is 20.7. The van der Waals surface area contributed by atoms with Crippen LogP contribution in [-0.4, -0.2) is 79.3 Å². The second kappa shape index (κ2) is 12.6. The van der Waals surface area contributed by atoms with E-state index in [-0.39, 0.29) is 31.7 Å². The van der Waals surface area contributed by atoms with Crippen LogP contribution in [0.15, 0.2) is 47.5 Å². The number of nitrogens with one attached hydrogen (secondary N) is 1. The molecular formula is C28H34N2O8S. The Hall–Kier alpha value is -3.38. The Morgan fingerprint density at radius 1 is 0.795 bits per heavy atom. The highest BCUT2D eigenvalue weighted by molar-refractivity contribution is 7.87. The van der Waals surface area contributed by atoms with E-state index in [0.717, 1.165) is 11.1 Å². The number of nitrogens with zero attached hydrogens (tertiary/aromatic N) is 1. The third-order valence-corrected chi connectivity index (χ3v) is 8.31. The predicted octanol–water partition coefficient (Wildman–Crippen LogP) is 3.09. The number of methoxy groups -OCH3 is 4. The van der Waals surface area contributed by atoms with Crippen LogP contribution in [0.3, 0.4) is 0 Å². The molecule has 1 aliphatic carbocycles. The summed E-state index contributed by atoms with van der Waals surface area (Å²) in [5, 5.41) is 0. The largest absolute Gasteiger partial charge is 0.493 e. The van der Waals surface area contributed by atoms with E-state index in [1.807, 2.05) is 12.1 Å². The van der Waals surface area contributed by atoms with Crippen molar-refractivity contribution in [3.63, 3.8) is 0 Å². The van der Waals surface area contributed by atoms with Crippen molar-refractivity contribution in [2.45, 2.75) is 18.9 Å². The molecule has 0 spiro atoms. The zero-order valence-electron chi connectivity index (χ0n) is 22.6. The minimum atomic E-state index is -3.77. The number of Topliss-reactive ketones (excluding diaryl/α,β-unsaturated/α-hetero) is 1. The number of ketones is 1. The first-order valence-corrected chi connectivity index (χ1v) is 14.0. The molecule has 0 amide bonds. The van der Waals surface area contributed by atoms with E-state index in [0.29, 0.717) is 47.4 Å². The Bertz CT molecular complexity index is 1290. The smallest absolute Gasteiger partial charge is 0.279 e. The fraction of sp³-hybridized carbons (Fsp3) is 0.393. The lowest BCUT2D eigenvalue weighted by molar-refractivity contribution is -0.113. The summed E-state index contributed by atoms with van der Waals surface area (Å²) in [6, 6.07) is 10.2. The van der Waals surface area contributed by atoms with Gasteiger partial charge in [-0.15, -0.1) is 0 Å². The molecule has 1 aliphatic heterocycles. The van der Waals surface area contributed by atoms with Gasteiger partial charge in [0.15, 0.2) is 28.8 Å². The van der Waals surface area contributed by atoms with Crippen LogP contribution in [0.4, 0.5) is 0 Å². The average molecular weight is 559 g/mol. The second-order valence-electron chi connectivity index (χ2n) is 9.14. The number of hydrogen-bond acceptors (Lipinski definition) is 8. The van der Waals surface area contributed by atoms with Gasteiger partial charge < -0.3 is 23.7 Å². The summed E-state index contributed by atoms with van der Waals surface area (Å²) in [6.45, 7) is 1.26. The van der Waals surface area contributed by atoms with Gasteiger partial charge in [-0.3, -0.25) is 4.79 Å². The lowest BCUT2D eigenvalue weighted by Crippen LogP contribution is -2.50. The van der Waals surface area contributed by atoms with E-state index in [1.54, 1.807) is 64.9 Å². The van der Waals surface area contributed by atoms with Crippen LogP contribution in [0.1, 0.15) is 24.0 Å². The van der Waals surface area contributed by atoms with Gasteiger partial charge in [-0.25, -0.2) is 0 Å². The molecule has 2 aliphatic rings. The van der Waals surface area contributed by atoms with Crippen LogP contribution in [0.2, 0.25) is 0 Å². The Kier molecular flexibility index (Phi) is 9.28. The van der Waals surface area contributed by atoms with Crippen LogP contribution >= 0.6 is 0 Å². The van der Waals surface area contributed by atoms with Crippen LogP contribution in [0, 0.1) is 0 Å². The highest BCUT2D eigenvalue weighted by Crippen LogP contribution is 2.34. The highest BCUT2D eigenvalue weighted by atomic mass is 32.2. The summed E-state index contributed by atoms with van der Waals surface area (Å²) >= 11 is 0. The van der Waals surface area contributed by atoms with Crippen molar-refractivity contribution in [3.05, 3.63) is 58.7 Å². The SMILES string of the molecule is COc1ccc(/C=C2\CC(NS(=O)(=O)N3CCOCC3)C/C(=C\c3ccc(OC)c(OC)c3)C2=O)cc1OC. The molecule has 0 radical (unpaired) electrons. The van der Waals surface area contributed by atoms with Gasteiger partial charge in [0.25, 0.3) is 10.2 Å². The van der Waals surface area contributed by atoms with Gasteiger partial charge in [0.05, 0.1) is 41.7 Å². The van der Waals surface area contributed by atoms with Gasteiger partial charge in [-0.1, -0.05) is 12.1 Å². The molecule has 0 bridgehead atoms. The Balaban J connectivity index is 1.70. The van der Waals surface area contributed by atoms with Crippen molar-refractivity contribution in [2.75, 3.05) is 54.7 Å². The molecule has 10 nitrogen and oxygen atoms in total. The Morgan fingerprint density at radius 2 is 1.26 bits per heavy atom. The van der Waals surface area contributed by atoms with Gasteiger partial charge >= 0.3 is 0 Å². The van der Waals surface area contributed by atoms with Crippen LogP contribution in [-0.2, 0) is 19.7 Å². The van der Waals surface area contributed by atoms with Crippen LogP contribution < -0.4 is 23.7 Å². The molecule has 1 heterocycles. The fourth-order valence-electron chi connectivity index (χ4n) is 4.69. The molecule has 0 atom stereocenters.